The Morgan fingerprint density at radius 3 is 2.53 bits per heavy atom. The van der Waals surface area contributed by atoms with Crippen LogP contribution in [0.4, 0.5) is 10.5 Å². The Kier molecular flexibility index (Phi) is 8.39. The van der Waals surface area contributed by atoms with Gasteiger partial charge in [0, 0.05) is 5.69 Å². The number of anilines is 1. The zero-order valence-electron chi connectivity index (χ0n) is 20.1. The molecule has 0 unspecified atom stereocenters. The number of carbonyl (C=O) groups is 3. The van der Waals surface area contributed by atoms with Crippen LogP contribution in [0.25, 0.3) is 6.08 Å². The lowest BCUT2D eigenvalue weighted by molar-refractivity contribution is -0.127. The molecule has 0 bridgehead atoms. The van der Waals surface area contributed by atoms with Crippen molar-refractivity contribution in [2.45, 2.75) is 47.1 Å². The van der Waals surface area contributed by atoms with E-state index >= 15 is 0 Å². The maximum atomic E-state index is 12.8. The number of rotatable bonds is 9. The maximum absolute atomic E-state index is 12.8. The first kappa shape index (κ1) is 25.4. The van der Waals surface area contributed by atoms with E-state index in [1.54, 1.807) is 30.3 Å². The molecule has 1 N–H and O–H groups in total. The van der Waals surface area contributed by atoms with Gasteiger partial charge in [-0.3, -0.25) is 19.3 Å². The monoisotopic (exact) mass is 482 g/mol. The maximum Gasteiger partial charge on any atom is 0.294 e. The molecule has 0 aliphatic carbocycles. The van der Waals surface area contributed by atoms with E-state index in [1.807, 2.05) is 46.8 Å². The van der Waals surface area contributed by atoms with Crippen molar-refractivity contribution in [3.05, 3.63) is 58.0 Å². The van der Waals surface area contributed by atoms with E-state index < -0.39 is 17.1 Å². The van der Waals surface area contributed by atoms with Gasteiger partial charge in [-0.2, -0.15) is 0 Å². The molecule has 1 aliphatic rings. The van der Waals surface area contributed by atoms with Crippen molar-refractivity contribution in [3.63, 3.8) is 0 Å². The molecular formula is C26H30N2O5S. The summed E-state index contributed by atoms with van der Waals surface area (Å²) in [6.07, 6.45) is 2.52. The standard InChI is InChI=1S/C26H30N2O5S/c1-6-18(5)33-21-11-9-19(13-22(21)32-7-2)14-23-25(30)28(26(31)34-23)15-24(29)27-20-10-8-16(3)17(4)12-20/h8-14,18H,6-7,15H2,1-5H3,(H,27,29)/b23-14+/t18-/m0/s1. The molecule has 8 heteroatoms. The van der Waals surface area contributed by atoms with Crippen LogP contribution in [0.1, 0.15) is 43.9 Å². The molecule has 1 atom stereocenters. The summed E-state index contributed by atoms with van der Waals surface area (Å²) in [6, 6.07) is 10.9. The van der Waals surface area contributed by atoms with E-state index in [1.165, 1.54) is 0 Å². The Labute approximate surface area is 204 Å². The summed E-state index contributed by atoms with van der Waals surface area (Å²) in [5, 5.41) is 2.27. The van der Waals surface area contributed by atoms with E-state index in [-0.39, 0.29) is 17.6 Å². The van der Waals surface area contributed by atoms with Gasteiger partial charge in [-0.15, -0.1) is 0 Å². The molecule has 1 heterocycles. The summed E-state index contributed by atoms with van der Waals surface area (Å²) >= 11 is 0.813. The van der Waals surface area contributed by atoms with Gasteiger partial charge in [0.1, 0.15) is 6.54 Å². The molecule has 1 saturated heterocycles. The van der Waals surface area contributed by atoms with Crippen molar-refractivity contribution in [1.82, 2.24) is 4.90 Å². The second-order valence-electron chi connectivity index (χ2n) is 8.09. The van der Waals surface area contributed by atoms with Crippen molar-refractivity contribution in [2.75, 3.05) is 18.5 Å². The van der Waals surface area contributed by atoms with Crippen LogP contribution in [-0.4, -0.2) is 41.2 Å². The van der Waals surface area contributed by atoms with Crippen molar-refractivity contribution >= 4 is 40.6 Å². The van der Waals surface area contributed by atoms with E-state index in [4.69, 9.17) is 9.47 Å². The number of benzene rings is 2. The molecule has 34 heavy (non-hydrogen) atoms. The lowest BCUT2D eigenvalue weighted by Gasteiger charge is -2.16. The van der Waals surface area contributed by atoms with Gasteiger partial charge in [-0.25, -0.2) is 0 Å². The summed E-state index contributed by atoms with van der Waals surface area (Å²) in [4.78, 5) is 39.0. The SMILES string of the molecule is CCOc1cc(/C=C2/SC(=O)N(CC(=O)Nc3ccc(C)c(C)c3)C2=O)ccc1O[C@@H](C)CC. The average molecular weight is 483 g/mol. The number of amides is 3. The first-order chi connectivity index (χ1) is 16.2. The van der Waals surface area contributed by atoms with Gasteiger partial charge >= 0.3 is 0 Å². The number of carbonyl (C=O) groups excluding carboxylic acids is 3. The minimum atomic E-state index is -0.497. The molecule has 3 rings (SSSR count). The van der Waals surface area contributed by atoms with Crippen LogP contribution in [0.2, 0.25) is 0 Å². The fraction of sp³-hybridized carbons (Fsp3) is 0.346. The molecular weight excluding hydrogens is 452 g/mol. The Morgan fingerprint density at radius 1 is 1.09 bits per heavy atom. The highest BCUT2D eigenvalue weighted by Crippen LogP contribution is 2.35. The lowest BCUT2D eigenvalue weighted by Crippen LogP contribution is -2.36. The summed E-state index contributed by atoms with van der Waals surface area (Å²) in [5.41, 5.74) is 3.48. The van der Waals surface area contributed by atoms with Crippen molar-refractivity contribution in [3.8, 4) is 11.5 Å². The fourth-order valence-electron chi connectivity index (χ4n) is 3.23. The van der Waals surface area contributed by atoms with E-state index in [0.717, 1.165) is 34.2 Å². The highest BCUT2D eigenvalue weighted by atomic mass is 32.2. The molecule has 0 radical (unpaired) electrons. The lowest BCUT2D eigenvalue weighted by atomic mass is 10.1. The van der Waals surface area contributed by atoms with Crippen molar-refractivity contribution < 1.29 is 23.9 Å². The Balaban J connectivity index is 1.72. The number of nitrogens with one attached hydrogen (secondary N) is 1. The largest absolute Gasteiger partial charge is 0.490 e. The van der Waals surface area contributed by atoms with Crippen LogP contribution in [0.15, 0.2) is 41.3 Å². The molecule has 0 aromatic heterocycles. The van der Waals surface area contributed by atoms with E-state index in [0.29, 0.717) is 29.4 Å². The smallest absolute Gasteiger partial charge is 0.294 e. The average Bonchev–Trinajstić information content (AvgIpc) is 3.05. The zero-order valence-corrected chi connectivity index (χ0v) is 21.0. The topological polar surface area (TPSA) is 84.9 Å². The van der Waals surface area contributed by atoms with Crippen LogP contribution in [0, 0.1) is 13.8 Å². The third-order valence-electron chi connectivity index (χ3n) is 5.43. The molecule has 1 fully saturated rings. The Bertz CT molecular complexity index is 1130. The van der Waals surface area contributed by atoms with Crippen LogP contribution >= 0.6 is 11.8 Å². The molecule has 1 aliphatic heterocycles. The van der Waals surface area contributed by atoms with Gasteiger partial charge in [0.15, 0.2) is 11.5 Å². The number of ether oxygens (including phenoxy) is 2. The van der Waals surface area contributed by atoms with Crippen LogP contribution in [0.3, 0.4) is 0 Å². The summed E-state index contributed by atoms with van der Waals surface area (Å²) in [7, 11) is 0. The summed E-state index contributed by atoms with van der Waals surface area (Å²) < 4.78 is 11.6. The molecule has 2 aromatic carbocycles. The van der Waals surface area contributed by atoms with Gasteiger partial charge in [-0.05, 0) is 92.9 Å². The molecule has 7 nitrogen and oxygen atoms in total. The molecule has 2 aromatic rings. The number of thioether (sulfide) groups is 1. The van der Waals surface area contributed by atoms with Crippen molar-refractivity contribution in [2.24, 2.45) is 0 Å². The quantitative estimate of drug-likeness (QED) is 0.472. The first-order valence-electron chi connectivity index (χ1n) is 11.3. The van der Waals surface area contributed by atoms with Crippen LogP contribution in [0.5, 0.6) is 11.5 Å². The summed E-state index contributed by atoms with van der Waals surface area (Å²) in [6.45, 7) is 9.96. The molecule has 180 valence electrons. The fourth-order valence-corrected chi connectivity index (χ4v) is 4.07. The first-order valence-corrected chi connectivity index (χ1v) is 12.1. The zero-order chi connectivity index (χ0) is 24.8. The third kappa shape index (κ3) is 6.20. The predicted molar refractivity (Wildman–Crippen MR) is 135 cm³/mol. The van der Waals surface area contributed by atoms with Gasteiger partial charge in [0.05, 0.1) is 17.6 Å². The van der Waals surface area contributed by atoms with E-state index in [2.05, 4.69) is 5.32 Å². The second-order valence-corrected chi connectivity index (χ2v) is 9.08. The van der Waals surface area contributed by atoms with Crippen LogP contribution < -0.4 is 14.8 Å². The van der Waals surface area contributed by atoms with Crippen LogP contribution in [-0.2, 0) is 9.59 Å². The highest BCUT2D eigenvalue weighted by molar-refractivity contribution is 8.18. The summed E-state index contributed by atoms with van der Waals surface area (Å²) in [5.74, 6) is 0.271. The molecule has 0 saturated carbocycles. The minimum absolute atomic E-state index is 0.0385. The number of nitrogens with zero attached hydrogens (tertiary/aromatic N) is 1. The minimum Gasteiger partial charge on any atom is -0.490 e. The predicted octanol–water partition coefficient (Wildman–Crippen LogP) is 5.55. The van der Waals surface area contributed by atoms with E-state index in [9.17, 15) is 14.4 Å². The van der Waals surface area contributed by atoms with Gasteiger partial charge in [-0.1, -0.05) is 19.1 Å². The Morgan fingerprint density at radius 2 is 1.85 bits per heavy atom. The molecule has 3 amide bonds. The number of hydrogen-bond acceptors (Lipinski definition) is 6. The second kappa shape index (κ2) is 11.2. The highest BCUT2D eigenvalue weighted by Gasteiger charge is 2.36. The van der Waals surface area contributed by atoms with Gasteiger partial charge in [0.2, 0.25) is 5.91 Å². The Hall–Kier alpha value is -3.26. The number of hydrogen-bond donors (Lipinski definition) is 1. The van der Waals surface area contributed by atoms with Crippen molar-refractivity contribution in [1.29, 1.82) is 0 Å². The van der Waals surface area contributed by atoms with Gasteiger partial charge in [0.25, 0.3) is 11.1 Å². The molecule has 0 spiro atoms. The normalized spacial score (nSPS) is 15.6. The number of aryl methyl sites for hydroxylation is 2. The van der Waals surface area contributed by atoms with Gasteiger partial charge < -0.3 is 14.8 Å². The third-order valence-corrected chi connectivity index (χ3v) is 6.34. The number of imide groups is 1.